The van der Waals surface area contributed by atoms with Crippen LogP contribution in [0.25, 0.3) is 0 Å². The Bertz CT molecular complexity index is 493. The normalized spacial score (nSPS) is 52.6. The molecule has 8 bridgehead atoms. The lowest BCUT2D eigenvalue weighted by atomic mass is 9.33. The summed E-state index contributed by atoms with van der Waals surface area (Å²) in [5.74, 6) is 4.41. The van der Waals surface area contributed by atoms with Gasteiger partial charge in [0.05, 0.1) is 0 Å². The van der Waals surface area contributed by atoms with Crippen LogP contribution in [0.5, 0.6) is 0 Å². The van der Waals surface area contributed by atoms with E-state index in [-0.39, 0.29) is 34.7 Å². The van der Waals surface area contributed by atoms with Gasteiger partial charge in [-0.1, -0.05) is 0 Å². The molecule has 7 rings (SSSR count). The fraction of sp³-hybridized carbons (Fsp3) is 0.889. The fourth-order valence-electron chi connectivity index (χ4n) is 7.89. The van der Waals surface area contributed by atoms with E-state index in [0.29, 0.717) is 0 Å². The summed E-state index contributed by atoms with van der Waals surface area (Å²) in [6.45, 7) is 0. The van der Waals surface area contributed by atoms with Gasteiger partial charge < -0.3 is 10.6 Å². The molecule has 0 aromatic carbocycles. The molecule has 0 radical (unpaired) electrons. The van der Waals surface area contributed by atoms with E-state index in [0.717, 1.165) is 74.0 Å². The maximum Gasteiger partial charge on any atom is 0.235 e. The van der Waals surface area contributed by atoms with E-state index in [1.165, 1.54) is 0 Å². The molecule has 2 amide bonds. The van der Waals surface area contributed by atoms with Gasteiger partial charge in [-0.2, -0.15) is 0 Å². The first kappa shape index (κ1) is 15.7. The molecule has 0 heterocycles. The van der Waals surface area contributed by atoms with Crippen LogP contribution in [-0.4, -0.2) is 34.7 Å². The molecular formula is C18H24Cl2N2O2. The molecule has 0 aromatic rings. The highest BCUT2D eigenvalue weighted by molar-refractivity contribution is 6.27. The number of nitrogens with one attached hydrogen (secondary N) is 2. The average Bonchev–Trinajstić information content (AvgIpc) is 2.57. The molecule has 7 aliphatic rings. The molecule has 24 heavy (non-hydrogen) atoms. The summed E-state index contributed by atoms with van der Waals surface area (Å²) in [6.07, 6.45) is 6.69. The Morgan fingerprint density at radius 2 is 0.917 bits per heavy atom. The standard InChI is InChI=1S/C18H24Cl2N2O2/c19-7-15(23)21-17-1-9-10-4-18(22-16(24)8-20)5-11(9)13(3-17)14(6-18)12(10)2-17/h9-14H,1-8H2,(H,21,23)(H,22,24). The highest BCUT2D eigenvalue weighted by Gasteiger charge is 2.70. The monoisotopic (exact) mass is 370 g/mol. The van der Waals surface area contributed by atoms with Crippen molar-refractivity contribution in [2.75, 3.05) is 11.8 Å². The van der Waals surface area contributed by atoms with Crippen molar-refractivity contribution in [3.8, 4) is 0 Å². The Balaban J connectivity index is 1.43. The third-order valence-corrected chi connectivity index (χ3v) is 8.60. The zero-order valence-electron chi connectivity index (χ0n) is 13.7. The highest BCUT2D eigenvalue weighted by Crippen LogP contribution is 2.72. The average molecular weight is 371 g/mol. The van der Waals surface area contributed by atoms with Crippen molar-refractivity contribution < 1.29 is 9.59 Å². The maximum atomic E-state index is 11.9. The number of carbonyl (C=O) groups is 2. The van der Waals surface area contributed by atoms with Crippen molar-refractivity contribution >= 4 is 35.0 Å². The lowest BCUT2D eigenvalue weighted by Gasteiger charge is -2.74. The first-order valence-corrected chi connectivity index (χ1v) is 10.3. The predicted molar refractivity (Wildman–Crippen MR) is 91.8 cm³/mol. The first-order chi connectivity index (χ1) is 11.5. The number of alkyl halides is 2. The zero-order chi connectivity index (χ0) is 16.7. The highest BCUT2D eigenvalue weighted by atomic mass is 35.5. The number of amides is 2. The minimum atomic E-state index is -0.0129. The van der Waals surface area contributed by atoms with Gasteiger partial charge in [-0.15, -0.1) is 23.2 Å². The van der Waals surface area contributed by atoms with E-state index >= 15 is 0 Å². The summed E-state index contributed by atoms with van der Waals surface area (Å²) in [5, 5.41) is 6.59. The quantitative estimate of drug-likeness (QED) is 0.745. The van der Waals surface area contributed by atoms with Gasteiger partial charge in [0.15, 0.2) is 0 Å². The molecule has 0 unspecified atom stereocenters. The molecular weight excluding hydrogens is 347 g/mol. The van der Waals surface area contributed by atoms with E-state index in [4.69, 9.17) is 23.2 Å². The van der Waals surface area contributed by atoms with Crippen LogP contribution in [0.2, 0.25) is 0 Å². The second kappa shape index (κ2) is 5.03. The molecule has 0 atom stereocenters. The smallest absolute Gasteiger partial charge is 0.235 e. The van der Waals surface area contributed by atoms with Gasteiger partial charge >= 0.3 is 0 Å². The van der Waals surface area contributed by atoms with Crippen molar-refractivity contribution in [3.05, 3.63) is 0 Å². The SMILES string of the molecule is O=C(CCl)NC12CC3C4CC5(NC(=O)CCl)CC3C(C1)C(C5)C4C2. The van der Waals surface area contributed by atoms with E-state index in [2.05, 4.69) is 10.6 Å². The molecule has 0 aliphatic heterocycles. The van der Waals surface area contributed by atoms with Gasteiger partial charge in [-0.25, -0.2) is 0 Å². The van der Waals surface area contributed by atoms with Crippen LogP contribution < -0.4 is 10.6 Å². The molecule has 7 saturated carbocycles. The zero-order valence-corrected chi connectivity index (χ0v) is 15.2. The number of hydrogen-bond donors (Lipinski definition) is 2. The van der Waals surface area contributed by atoms with Gasteiger partial charge in [0.1, 0.15) is 11.8 Å². The van der Waals surface area contributed by atoms with Crippen molar-refractivity contribution in [1.29, 1.82) is 0 Å². The molecule has 0 spiro atoms. The van der Waals surface area contributed by atoms with Crippen LogP contribution in [0.4, 0.5) is 0 Å². The predicted octanol–water partition coefficient (Wildman–Crippen LogP) is 2.28. The van der Waals surface area contributed by atoms with Crippen molar-refractivity contribution in [3.63, 3.8) is 0 Å². The summed E-state index contributed by atoms with van der Waals surface area (Å²) < 4.78 is 0. The van der Waals surface area contributed by atoms with Crippen molar-refractivity contribution in [2.24, 2.45) is 35.5 Å². The van der Waals surface area contributed by atoms with Gasteiger partial charge in [-0.05, 0) is 74.0 Å². The molecule has 4 nitrogen and oxygen atoms in total. The van der Waals surface area contributed by atoms with Gasteiger partial charge in [0.25, 0.3) is 0 Å². The summed E-state index contributed by atoms with van der Waals surface area (Å²) in [4.78, 5) is 23.9. The lowest BCUT2D eigenvalue weighted by molar-refractivity contribution is -0.226. The largest absolute Gasteiger partial charge is 0.350 e. The van der Waals surface area contributed by atoms with E-state index < -0.39 is 0 Å². The fourth-order valence-corrected chi connectivity index (χ4v) is 8.03. The lowest BCUT2D eigenvalue weighted by Crippen LogP contribution is -2.76. The third-order valence-electron chi connectivity index (χ3n) is 8.11. The van der Waals surface area contributed by atoms with Crippen LogP contribution in [-0.2, 0) is 9.59 Å². The minimum Gasteiger partial charge on any atom is -0.350 e. The number of hydrogen-bond acceptors (Lipinski definition) is 2. The molecule has 7 aliphatic carbocycles. The van der Waals surface area contributed by atoms with E-state index in [9.17, 15) is 9.59 Å². The van der Waals surface area contributed by atoms with Crippen LogP contribution in [0.3, 0.4) is 0 Å². The second-order valence-electron chi connectivity index (χ2n) is 9.13. The summed E-state index contributed by atoms with van der Waals surface area (Å²) in [7, 11) is 0. The molecule has 7 fully saturated rings. The van der Waals surface area contributed by atoms with Crippen LogP contribution >= 0.6 is 23.2 Å². The molecule has 2 N–H and O–H groups in total. The van der Waals surface area contributed by atoms with E-state index in [1.54, 1.807) is 0 Å². The number of halogens is 2. The van der Waals surface area contributed by atoms with Crippen molar-refractivity contribution in [2.45, 2.75) is 49.6 Å². The molecule has 0 saturated heterocycles. The Morgan fingerprint density at radius 1 is 0.667 bits per heavy atom. The van der Waals surface area contributed by atoms with Crippen LogP contribution in [0.15, 0.2) is 0 Å². The Labute approximate surface area is 152 Å². The summed E-state index contributed by atoms with van der Waals surface area (Å²) in [6, 6.07) is 0. The van der Waals surface area contributed by atoms with Gasteiger partial charge in [-0.3, -0.25) is 9.59 Å². The van der Waals surface area contributed by atoms with Gasteiger partial charge in [0, 0.05) is 11.1 Å². The Kier molecular flexibility index (Phi) is 3.30. The summed E-state index contributed by atoms with van der Waals surface area (Å²) in [5.41, 5.74) is 0.0123. The second-order valence-corrected chi connectivity index (χ2v) is 9.67. The molecule has 132 valence electrons. The number of carbonyl (C=O) groups excluding carboxylic acids is 2. The van der Waals surface area contributed by atoms with Crippen LogP contribution in [0.1, 0.15) is 38.5 Å². The van der Waals surface area contributed by atoms with Crippen LogP contribution in [0, 0.1) is 35.5 Å². The maximum absolute atomic E-state index is 11.9. The Morgan fingerprint density at radius 3 is 1.12 bits per heavy atom. The summed E-state index contributed by atoms with van der Waals surface area (Å²) >= 11 is 11.5. The number of rotatable bonds is 4. The first-order valence-electron chi connectivity index (χ1n) is 9.22. The molecule has 0 aromatic heterocycles. The van der Waals surface area contributed by atoms with E-state index in [1.807, 2.05) is 0 Å². The topological polar surface area (TPSA) is 58.2 Å². The van der Waals surface area contributed by atoms with Gasteiger partial charge in [0.2, 0.25) is 11.8 Å². The van der Waals surface area contributed by atoms with Crippen molar-refractivity contribution in [1.82, 2.24) is 10.6 Å². The molecule has 6 heteroatoms. The third kappa shape index (κ3) is 1.99. The Hall–Kier alpha value is -0.480. The minimum absolute atomic E-state index is 0.00615.